The summed E-state index contributed by atoms with van der Waals surface area (Å²) in [6.45, 7) is 2.10. The van der Waals surface area contributed by atoms with E-state index in [2.05, 4.69) is 6.92 Å². The van der Waals surface area contributed by atoms with E-state index in [0.29, 0.717) is 17.5 Å². The standard InChI is InChI=1S/C17H21F2N/c1-2-3-4-13-7-10-16(17(18,19)11-13)15-8-5-14(12-20)6-9-15/h5-6,8-9,13,16H,2-4,7,10-11H2,1H3. The van der Waals surface area contributed by atoms with Crippen LogP contribution in [0, 0.1) is 17.2 Å². The van der Waals surface area contributed by atoms with Crippen LogP contribution in [0.25, 0.3) is 0 Å². The minimum atomic E-state index is -2.62. The summed E-state index contributed by atoms with van der Waals surface area (Å²) in [7, 11) is 0. The molecular weight excluding hydrogens is 256 g/mol. The van der Waals surface area contributed by atoms with Crippen molar-refractivity contribution in [3.8, 4) is 6.07 Å². The van der Waals surface area contributed by atoms with E-state index in [1.807, 2.05) is 6.07 Å². The summed E-state index contributed by atoms with van der Waals surface area (Å²) in [5.41, 5.74) is 1.19. The molecule has 0 bridgehead atoms. The van der Waals surface area contributed by atoms with Crippen LogP contribution in [0.2, 0.25) is 0 Å². The Morgan fingerprint density at radius 1 is 1.25 bits per heavy atom. The van der Waals surface area contributed by atoms with Crippen LogP contribution in [-0.2, 0) is 0 Å². The van der Waals surface area contributed by atoms with Gasteiger partial charge in [-0.15, -0.1) is 0 Å². The van der Waals surface area contributed by atoms with Crippen molar-refractivity contribution in [3.05, 3.63) is 35.4 Å². The Balaban J connectivity index is 2.07. The van der Waals surface area contributed by atoms with E-state index in [9.17, 15) is 8.78 Å². The molecule has 3 heteroatoms. The molecule has 0 amide bonds. The molecule has 1 nitrogen and oxygen atoms in total. The number of rotatable bonds is 4. The second-order valence-corrected chi connectivity index (χ2v) is 5.84. The number of hydrogen-bond donors (Lipinski definition) is 0. The van der Waals surface area contributed by atoms with Crippen LogP contribution >= 0.6 is 0 Å². The highest BCUT2D eigenvalue weighted by Crippen LogP contribution is 2.47. The summed E-state index contributed by atoms with van der Waals surface area (Å²) in [5.74, 6) is -3.14. The topological polar surface area (TPSA) is 23.8 Å². The average molecular weight is 277 g/mol. The maximum absolute atomic E-state index is 14.3. The second kappa shape index (κ2) is 6.35. The van der Waals surface area contributed by atoms with E-state index in [0.717, 1.165) is 25.7 Å². The van der Waals surface area contributed by atoms with Gasteiger partial charge in [-0.25, -0.2) is 8.78 Å². The van der Waals surface area contributed by atoms with Crippen LogP contribution < -0.4 is 0 Å². The lowest BCUT2D eigenvalue weighted by Crippen LogP contribution is -2.34. The Morgan fingerprint density at radius 3 is 2.50 bits per heavy atom. The molecule has 0 aromatic heterocycles. The van der Waals surface area contributed by atoms with Crippen LogP contribution in [0.15, 0.2) is 24.3 Å². The Hall–Kier alpha value is -1.43. The van der Waals surface area contributed by atoms with Gasteiger partial charge in [-0.05, 0) is 36.5 Å². The van der Waals surface area contributed by atoms with Crippen LogP contribution in [-0.4, -0.2) is 5.92 Å². The van der Waals surface area contributed by atoms with Crippen molar-refractivity contribution in [3.63, 3.8) is 0 Å². The Bertz CT molecular complexity index is 473. The minimum Gasteiger partial charge on any atom is -0.206 e. The largest absolute Gasteiger partial charge is 0.255 e. The normalized spacial score (nSPS) is 25.1. The SMILES string of the molecule is CCCCC1CCC(c2ccc(C#N)cc2)C(F)(F)C1. The lowest BCUT2D eigenvalue weighted by atomic mass is 9.74. The first-order valence-electron chi connectivity index (χ1n) is 7.44. The number of halogens is 2. The molecule has 0 saturated heterocycles. The molecule has 1 aromatic rings. The molecule has 2 unspecified atom stereocenters. The van der Waals surface area contributed by atoms with Crippen LogP contribution in [0.3, 0.4) is 0 Å². The first kappa shape index (κ1) is 15.0. The minimum absolute atomic E-state index is 0.0116. The Kier molecular flexibility index (Phi) is 4.75. The quantitative estimate of drug-likeness (QED) is 0.735. The lowest BCUT2D eigenvalue weighted by molar-refractivity contribution is -0.0737. The summed E-state index contributed by atoms with van der Waals surface area (Å²) in [5, 5.41) is 8.76. The molecule has 1 aliphatic carbocycles. The number of unbranched alkanes of at least 4 members (excludes halogenated alkanes) is 1. The van der Waals surface area contributed by atoms with E-state index >= 15 is 0 Å². The molecule has 0 spiro atoms. The zero-order valence-electron chi connectivity index (χ0n) is 11.9. The van der Waals surface area contributed by atoms with Gasteiger partial charge in [0.15, 0.2) is 0 Å². The van der Waals surface area contributed by atoms with Crippen molar-refractivity contribution in [2.24, 2.45) is 5.92 Å². The van der Waals surface area contributed by atoms with Gasteiger partial charge in [-0.3, -0.25) is 0 Å². The fourth-order valence-electron chi connectivity index (χ4n) is 3.18. The molecule has 0 radical (unpaired) electrons. The van der Waals surface area contributed by atoms with Gasteiger partial charge in [0, 0.05) is 12.3 Å². The molecule has 0 aliphatic heterocycles. The van der Waals surface area contributed by atoms with Crippen LogP contribution in [0.4, 0.5) is 8.78 Å². The van der Waals surface area contributed by atoms with Crippen molar-refractivity contribution in [2.75, 3.05) is 0 Å². The third kappa shape index (κ3) is 3.36. The fourth-order valence-corrected chi connectivity index (χ4v) is 3.18. The number of hydrogen-bond acceptors (Lipinski definition) is 1. The zero-order valence-corrected chi connectivity index (χ0v) is 11.9. The van der Waals surface area contributed by atoms with Gasteiger partial charge in [0.25, 0.3) is 5.92 Å². The summed E-state index contributed by atoms with van der Waals surface area (Å²) < 4.78 is 28.7. The van der Waals surface area contributed by atoms with Crippen LogP contribution in [0.1, 0.15) is 62.5 Å². The van der Waals surface area contributed by atoms with Crippen molar-refractivity contribution in [1.82, 2.24) is 0 Å². The highest BCUT2D eigenvalue weighted by atomic mass is 19.3. The van der Waals surface area contributed by atoms with Gasteiger partial charge in [0.05, 0.1) is 11.6 Å². The van der Waals surface area contributed by atoms with E-state index in [-0.39, 0.29) is 12.3 Å². The van der Waals surface area contributed by atoms with Gasteiger partial charge in [0.1, 0.15) is 0 Å². The van der Waals surface area contributed by atoms with Crippen molar-refractivity contribution in [1.29, 1.82) is 5.26 Å². The van der Waals surface area contributed by atoms with E-state index < -0.39 is 11.8 Å². The molecule has 2 rings (SSSR count). The van der Waals surface area contributed by atoms with Crippen molar-refractivity contribution >= 4 is 0 Å². The highest BCUT2D eigenvalue weighted by Gasteiger charge is 2.45. The van der Waals surface area contributed by atoms with Gasteiger partial charge in [-0.2, -0.15) is 5.26 Å². The predicted octanol–water partition coefficient (Wildman–Crippen LogP) is 5.27. The first-order chi connectivity index (χ1) is 9.56. The molecule has 2 atom stereocenters. The maximum Gasteiger partial charge on any atom is 0.255 e. The molecule has 1 saturated carbocycles. The molecule has 0 heterocycles. The molecular formula is C17H21F2N. The Labute approximate surface area is 119 Å². The van der Waals surface area contributed by atoms with Crippen LogP contribution in [0.5, 0.6) is 0 Å². The second-order valence-electron chi connectivity index (χ2n) is 5.84. The third-order valence-corrected chi connectivity index (χ3v) is 4.34. The smallest absolute Gasteiger partial charge is 0.206 e. The van der Waals surface area contributed by atoms with Crippen molar-refractivity contribution in [2.45, 2.75) is 57.3 Å². The fraction of sp³-hybridized carbons (Fsp3) is 0.588. The number of nitrogens with zero attached hydrogens (tertiary/aromatic N) is 1. The van der Waals surface area contributed by atoms with E-state index in [4.69, 9.17) is 5.26 Å². The van der Waals surface area contributed by atoms with Crippen molar-refractivity contribution < 1.29 is 8.78 Å². The number of benzene rings is 1. The zero-order chi connectivity index (χ0) is 14.6. The molecule has 1 fully saturated rings. The summed E-state index contributed by atoms with van der Waals surface area (Å²) in [6, 6.07) is 8.66. The van der Waals surface area contributed by atoms with Gasteiger partial charge in [-0.1, -0.05) is 38.3 Å². The third-order valence-electron chi connectivity index (χ3n) is 4.34. The Morgan fingerprint density at radius 2 is 1.95 bits per heavy atom. The summed E-state index contributed by atoms with van der Waals surface area (Å²) in [4.78, 5) is 0. The monoisotopic (exact) mass is 277 g/mol. The van der Waals surface area contributed by atoms with Gasteiger partial charge in [0.2, 0.25) is 0 Å². The first-order valence-corrected chi connectivity index (χ1v) is 7.44. The maximum atomic E-state index is 14.3. The van der Waals surface area contributed by atoms with Gasteiger partial charge >= 0.3 is 0 Å². The number of alkyl halides is 2. The van der Waals surface area contributed by atoms with E-state index in [1.165, 1.54) is 0 Å². The lowest BCUT2D eigenvalue weighted by Gasteiger charge is -2.36. The summed E-state index contributed by atoms with van der Waals surface area (Å²) >= 11 is 0. The van der Waals surface area contributed by atoms with E-state index in [1.54, 1.807) is 24.3 Å². The predicted molar refractivity (Wildman–Crippen MR) is 75.7 cm³/mol. The average Bonchev–Trinajstić information content (AvgIpc) is 2.44. The van der Waals surface area contributed by atoms with Gasteiger partial charge < -0.3 is 0 Å². The molecule has 108 valence electrons. The number of nitriles is 1. The molecule has 20 heavy (non-hydrogen) atoms. The molecule has 1 aliphatic rings. The molecule has 0 N–H and O–H groups in total. The summed E-state index contributed by atoms with van der Waals surface area (Å²) in [6.07, 6.45) is 4.49. The highest BCUT2D eigenvalue weighted by molar-refractivity contribution is 5.34. The molecule has 1 aromatic carbocycles.